The fourth-order valence-electron chi connectivity index (χ4n) is 3.04. The summed E-state index contributed by atoms with van der Waals surface area (Å²) < 4.78 is 33.7. The van der Waals surface area contributed by atoms with Gasteiger partial charge in [-0.2, -0.15) is 4.37 Å². The summed E-state index contributed by atoms with van der Waals surface area (Å²) in [5, 5.41) is 14.8. The Hall–Kier alpha value is -2.96. The van der Waals surface area contributed by atoms with Crippen LogP contribution in [0.1, 0.15) is 22.3 Å². The second-order valence-electron chi connectivity index (χ2n) is 6.93. The number of aromatic carboxylic acids is 1. The van der Waals surface area contributed by atoms with Gasteiger partial charge in [-0.25, -0.2) is 14.0 Å². The number of amides is 2. The number of aromatic nitrogens is 1. The van der Waals surface area contributed by atoms with E-state index < -0.39 is 17.8 Å². The van der Waals surface area contributed by atoms with Crippen LogP contribution in [-0.2, 0) is 11.3 Å². The minimum absolute atomic E-state index is 0.0355. The molecule has 1 aliphatic rings. The van der Waals surface area contributed by atoms with Crippen LogP contribution in [0.25, 0.3) is 0 Å². The summed E-state index contributed by atoms with van der Waals surface area (Å²) in [5.41, 5.74) is -0.0740. The lowest BCUT2D eigenvalue weighted by atomic mass is 10.2. The van der Waals surface area contributed by atoms with Crippen LogP contribution in [0.5, 0.6) is 11.6 Å². The Morgan fingerprint density at radius 3 is 2.81 bits per heavy atom. The standard InChI is InChI=1S/C20H25FN4O6S/c1-29-14-4-3-13(15(21)11-14)12-31-17-16(19(26)27)18(32-24-17)23-20(28)22-5-2-6-25-7-9-30-10-8-25/h3-4,11H,2,5-10,12H2,1H3,(H,26,27)(H2,22,23,28). The number of rotatable bonds is 10. The Morgan fingerprint density at radius 2 is 2.12 bits per heavy atom. The van der Waals surface area contributed by atoms with E-state index in [1.807, 2.05) is 0 Å². The van der Waals surface area contributed by atoms with Crippen molar-refractivity contribution in [3.8, 4) is 11.6 Å². The molecule has 10 nitrogen and oxygen atoms in total. The smallest absolute Gasteiger partial charge is 0.344 e. The number of benzene rings is 1. The van der Waals surface area contributed by atoms with Crippen molar-refractivity contribution in [1.29, 1.82) is 0 Å². The summed E-state index contributed by atoms with van der Waals surface area (Å²) >= 11 is 0.777. The highest BCUT2D eigenvalue weighted by atomic mass is 32.1. The lowest BCUT2D eigenvalue weighted by Crippen LogP contribution is -2.38. The number of carboxylic acids is 1. The summed E-state index contributed by atoms with van der Waals surface area (Å²) in [7, 11) is 1.42. The second kappa shape index (κ2) is 11.6. The third-order valence-electron chi connectivity index (χ3n) is 4.77. The minimum atomic E-state index is -1.31. The Morgan fingerprint density at radius 1 is 1.34 bits per heavy atom. The third-order valence-corrected chi connectivity index (χ3v) is 5.51. The Kier molecular flexibility index (Phi) is 8.59. The number of anilines is 1. The lowest BCUT2D eigenvalue weighted by molar-refractivity contribution is 0.0375. The van der Waals surface area contributed by atoms with Gasteiger partial charge in [-0.1, -0.05) is 0 Å². The van der Waals surface area contributed by atoms with E-state index in [-0.39, 0.29) is 28.6 Å². The van der Waals surface area contributed by atoms with E-state index in [0.29, 0.717) is 25.5 Å². The van der Waals surface area contributed by atoms with E-state index in [0.717, 1.165) is 37.6 Å². The van der Waals surface area contributed by atoms with Gasteiger partial charge < -0.3 is 24.6 Å². The number of ether oxygens (including phenoxy) is 3. The molecule has 2 aromatic rings. The van der Waals surface area contributed by atoms with E-state index in [4.69, 9.17) is 14.2 Å². The van der Waals surface area contributed by atoms with Crippen molar-refractivity contribution in [3.63, 3.8) is 0 Å². The number of morpholine rings is 1. The van der Waals surface area contributed by atoms with Crippen LogP contribution in [0.15, 0.2) is 18.2 Å². The van der Waals surface area contributed by atoms with Gasteiger partial charge in [-0.15, -0.1) is 0 Å². The number of urea groups is 1. The zero-order valence-electron chi connectivity index (χ0n) is 17.6. The van der Waals surface area contributed by atoms with E-state index in [1.54, 1.807) is 6.07 Å². The largest absolute Gasteiger partial charge is 0.497 e. The molecule has 0 atom stereocenters. The summed E-state index contributed by atoms with van der Waals surface area (Å²) in [6.45, 7) is 4.22. The summed E-state index contributed by atoms with van der Waals surface area (Å²) in [4.78, 5) is 26.1. The molecule has 2 heterocycles. The van der Waals surface area contributed by atoms with Gasteiger partial charge in [0.1, 0.15) is 23.2 Å². The molecule has 0 bridgehead atoms. The highest BCUT2D eigenvalue weighted by Crippen LogP contribution is 2.31. The predicted molar refractivity (Wildman–Crippen MR) is 115 cm³/mol. The molecule has 0 spiro atoms. The first-order chi connectivity index (χ1) is 15.5. The van der Waals surface area contributed by atoms with Crippen LogP contribution in [0, 0.1) is 5.82 Å². The van der Waals surface area contributed by atoms with Crippen LogP contribution in [0.4, 0.5) is 14.2 Å². The number of methoxy groups -OCH3 is 1. The van der Waals surface area contributed by atoms with Gasteiger partial charge in [0.05, 0.1) is 20.3 Å². The first-order valence-corrected chi connectivity index (χ1v) is 10.8. The Balaban J connectivity index is 1.52. The number of nitrogens with zero attached hydrogens (tertiary/aromatic N) is 2. The number of carboxylic acid groups (broad SMARTS) is 1. The number of halogens is 1. The molecule has 3 rings (SSSR count). The maximum Gasteiger partial charge on any atom is 0.344 e. The topological polar surface area (TPSA) is 122 Å². The van der Waals surface area contributed by atoms with Crippen LogP contribution < -0.4 is 20.1 Å². The average Bonchev–Trinajstić information content (AvgIpc) is 3.19. The highest BCUT2D eigenvalue weighted by molar-refractivity contribution is 7.11. The molecule has 0 unspecified atom stereocenters. The normalized spacial score (nSPS) is 14.1. The maximum atomic E-state index is 14.1. The third kappa shape index (κ3) is 6.52. The lowest BCUT2D eigenvalue weighted by Gasteiger charge is -2.26. The fraction of sp³-hybridized carbons (Fsp3) is 0.450. The van der Waals surface area contributed by atoms with Crippen molar-refractivity contribution in [3.05, 3.63) is 35.1 Å². The number of carbonyl (C=O) groups excluding carboxylic acids is 1. The molecular weight excluding hydrogens is 443 g/mol. The molecule has 1 aliphatic heterocycles. The van der Waals surface area contributed by atoms with Crippen molar-refractivity contribution in [1.82, 2.24) is 14.6 Å². The zero-order valence-corrected chi connectivity index (χ0v) is 18.4. The number of nitrogens with one attached hydrogen (secondary N) is 2. The highest BCUT2D eigenvalue weighted by Gasteiger charge is 2.24. The molecule has 0 radical (unpaired) electrons. The van der Waals surface area contributed by atoms with Crippen molar-refractivity contribution in [2.45, 2.75) is 13.0 Å². The van der Waals surface area contributed by atoms with Crippen LogP contribution >= 0.6 is 11.5 Å². The molecule has 12 heteroatoms. The van der Waals surface area contributed by atoms with Crippen molar-refractivity contribution >= 4 is 28.5 Å². The number of hydrogen-bond acceptors (Lipinski definition) is 8. The average molecular weight is 469 g/mol. The van der Waals surface area contributed by atoms with Crippen LogP contribution in [-0.4, -0.2) is 72.9 Å². The van der Waals surface area contributed by atoms with Gasteiger partial charge in [0, 0.05) is 31.3 Å². The van der Waals surface area contributed by atoms with Crippen LogP contribution in [0.3, 0.4) is 0 Å². The van der Waals surface area contributed by atoms with Gasteiger partial charge in [0.25, 0.3) is 0 Å². The molecule has 174 valence electrons. The molecule has 1 saturated heterocycles. The molecule has 32 heavy (non-hydrogen) atoms. The Labute approximate surface area is 188 Å². The molecule has 1 aromatic carbocycles. The molecule has 2 amide bonds. The van der Waals surface area contributed by atoms with E-state index >= 15 is 0 Å². The molecule has 1 fully saturated rings. The molecule has 0 saturated carbocycles. The van der Waals surface area contributed by atoms with E-state index in [9.17, 15) is 19.1 Å². The van der Waals surface area contributed by atoms with Crippen molar-refractivity contribution in [2.24, 2.45) is 0 Å². The van der Waals surface area contributed by atoms with E-state index in [2.05, 4.69) is 19.9 Å². The monoisotopic (exact) mass is 468 g/mol. The maximum absolute atomic E-state index is 14.1. The summed E-state index contributed by atoms with van der Waals surface area (Å²) in [6, 6.07) is 3.71. The number of hydrogen-bond donors (Lipinski definition) is 3. The van der Waals surface area contributed by atoms with Gasteiger partial charge in [-0.3, -0.25) is 10.2 Å². The first kappa shape index (κ1) is 23.7. The summed E-state index contributed by atoms with van der Waals surface area (Å²) in [6.07, 6.45) is 0.754. The number of carbonyl (C=O) groups is 2. The molecule has 3 N–H and O–H groups in total. The van der Waals surface area contributed by atoms with E-state index in [1.165, 1.54) is 19.2 Å². The van der Waals surface area contributed by atoms with Gasteiger partial charge in [-0.05, 0) is 36.6 Å². The second-order valence-corrected chi connectivity index (χ2v) is 7.70. The Bertz CT molecular complexity index is 935. The van der Waals surface area contributed by atoms with Gasteiger partial charge in [0.2, 0.25) is 5.88 Å². The quantitative estimate of drug-likeness (QED) is 0.455. The molecule has 0 aliphatic carbocycles. The van der Waals surface area contributed by atoms with Gasteiger partial charge >= 0.3 is 12.0 Å². The van der Waals surface area contributed by atoms with Crippen molar-refractivity contribution in [2.75, 3.05) is 51.8 Å². The van der Waals surface area contributed by atoms with Crippen molar-refractivity contribution < 1.29 is 33.3 Å². The molecular formula is C20H25FN4O6S. The van der Waals surface area contributed by atoms with Crippen LogP contribution in [0.2, 0.25) is 0 Å². The zero-order chi connectivity index (χ0) is 22.9. The molecule has 1 aromatic heterocycles. The van der Waals surface area contributed by atoms with Gasteiger partial charge in [0.15, 0.2) is 5.56 Å². The first-order valence-electron chi connectivity index (χ1n) is 10.0. The summed E-state index contributed by atoms with van der Waals surface area (Å²) in [5.74, 6) is -1.70. The predicted octanol–water partition coefficient (Wildman–Crippen LogP) is 2.41. The minimum Gasteiger partial charge on any atom is -0.497 e. The SMILES string of the molecule is COc1ccc(COc2nsc(NC(=O)NCCCN3CCOCC3)c2C(=O)O)c(F)c1. The fourth-order valence-corrected chi connectivity index (χ4v) is 3.77.